The lowest BCUT2D eigenvalue weighted by Crippen LogP contribution is -2.31. The lowest BCUT2D eigenvalue weighted by molar-refractivity contribution is 0.0986. The third-order valence-corrected chi connectivity index (χ3v) is 4.98. The molecule has 0 aliphatic heterocycles. The van der Waals surface area contributed by atoms with E-state index in [0.29, 0.717) is 5.41 Å². The summed E-state index contributed by atoms with van der Waals surface area (Å²) in [6, 6.07) is 0. The molecule has 0 spiro atoms. The van der Waals surface area contributed by atoms with Crippen LogP contribution in [0, 0.1) is 23.2 Å². The van der Waals surface area contributed by atoms with Crippen LogP contribution in [0.4, 0.5) is 0 Å². The summed E-state index contributed by atoms with van der Waals surface area (Å²) in [4.78, 5) is 0. The van der Waals surface area contributed by atoms with E-state index in [4.69, 9.17) is 0 Å². The fourth-order valence-electron chi connectivity index (χ4n) is 3.44. The van der Waals surface area contributed by atoms with E-state index in [1.165, 1.54) is 38.5 Å². The van der Waals surface area contributed by atoms with Crippen molar-refractivity contribution >= 4 is 0 Å². The van der Waals surface area contributed by atoms with Crippen LogP contribution in [0.25, 0.3) is 0 Å². The first-order valence-corrected chi connectivity index (χ1v) is 7.90. The Hall–Kier alpha value is 0. The van der Waals surface area contributed by atoms with Crippen LogP contribution in [0.2, 0.25) is 0 Å². The molecular weight excluding hydrogens is 204 g/mol. The van der Waals surface area contributed by atoms with Gasteiger partial charge in [0.1, 0.15) is 0 Å². The Balaban J connectivity index is 4.52. The number of unbranched alkanes of at least 4 members (excludes halogenated alkanes) is 1. The zero-order valence-corrected chi connectivity index (χ0v) is 13.5. The van der Waals surface area contributed by atoms with Gasteiger partial charge in [-0.1, -0.05) is 80.6 Å². The maximum absolute atomic E-state index is 2.49. The van der Waals surface area contributed by atoms with E-state index in [0.717, 1.165) is 17.8 Å². The van der Waals surface area contributed by atoms with E-state index in [1.54, 1.807) is 0 Å². The zero-order chi connectivity index (χ0) is 13.5. The Morgan fingerprint density at radius 2 is 1.53 bits per heavy atom. The summed E-state index contributed by atoms with van der Waals surface area (Å²) in [6.45, 7) is 16.9. The average Bonchev–Trinajstić information content (AvgIpc) is 2.27. The molecule has 0 N–H and O–H groups in total. The summed E-state index contributed by atoms with van der Waals surface area (Å²) < 4.78 is 0. The molecule has 3 unspecified atom stereocenters. The van der Waals surface area contributed by atoms with Crippen molar-refractivity contribution in [2.45, 2.75) is 87.0 Å². The summed E-state index contributed by atoms with van der Waals surface area (Å²) in [5, 5.41) is 0. The fourth-order valence-corrected chi connectivity index (χ4v) is 3.44. The van der Waals surface area contributed by atoms with E-state index < -0.39 is 0 Å². The van der Waals surface area contributed by atoms with Gasteiger partial charge in [0.25, 0.3) is 0 Å². The molecule has 104 valence electrons. The molecular formula is C17H36. The first kappa shape index (κ1) is 17.0. The van der Waals surface area contributed by atoms with Crippen molar-refractivity contribution in [2.75, 3.05) is 0 Å². The van der Waals surface area contributed by atoms with Crippen molar-refractivity contribution in [3.8, 4) is 0 Å². The maximum atomic E-state index is 2.49. The first-order chi connectivity index (χ1) is 7.90. The summed E-state index contributed by atoms with van der Waals surface area (Å²) in [6.07, 6.45) is 8.19. The summed E-state index contributed by atoms with van der Waals surface area (Å²) in [5.74, 6) is 2.65. The largest absolute Gasteiger partial charge is 0.0654 e. The molecule has 0 amide bonds. The molecule has 0 saturated heterocycles. The smallest absolute Gasteiger partial charge is 0.0326 e. The van der Waals surface area contributed by atoms with Gasteiger partial charge in [0.05, 0.1) is 0 Å². The Kier molecular flexibility index (Phi) is 8.16. The van der Waals surface area contributed by atoms with Crippen molar-refractivity contribution in [1.29, 1.82) is 0 Å². The van der Waals surface area contributed by atoms with Crippen molar-refractivity contribution < 1.29 is 0 Å². The SMILES string of the molecule is CCCCC(C)C(CC)C(C)C(C)(C)CCC. The van der Waals surface area contributed by atoms with Crippen molar-refractivity contribution in [3.63, 3.8) is 0 Å². The third kappa shape index (κ3) is 5.44. The van der Waals surface area contributed by atoms with E-state index in [1.807, 2.05) is 0 Å². The monoisotopic (exact) mass is 240 g/mol. The van der Waals surface area contributed by atoms with Gasteiger partial charge in [0.15, 0.2) is 0 Å². The lowest BCUT2D eigenvalue weighted by Gasteiger charge is -2.40. The normalized spacial score (nSPS) is 17.8. The molecule has 0 aromatic carbocycles. The second-order valence-corrected chi connectivity index (χ2v) is 6.72. The quantitative estimate of drug-likeness (QED) is 0.443. The van der Waals surface area contributed by atoms with Crippen LogP contribution in [0.1, 0.15) is 87.0 Å². The van der Waals surface area contributed by atoms with Crippen LogP contribution < -0.4 is 0 Å². The zero-order valence-electron chi connectivity index (χ0n) is 13.5. The van der Waals surface area contributed by atoms with Crippen molar-refractivity contribution in [3.05, 3.63) is 0 Å². The van der Waals surface area contributed by atoms with Gasteiger partial charge < -0.3 is 0 Å². The summed E-state index contributed by atoms with van der Waals surface area (Å²) in [7, 11) is 0. The molecule has 17 heavy (non-hydrogen) atoms. The Bertz CT molecular complexity index is 180. The number of rotatable bonds is 9. The predicted molar refractivity (Wildman–Crippen MR) is 80.3 cm³/mol. The molecule has 0 aliphatic rings. The van der Waals surface area contributed by atoms with Crippen LogP contribution >= 0.6 is 0 Å². The highest BCUT2D eigenvalue weighted by atomic mass is 14.4. The van der Waals surface area contributed by atoms with E-state index >= 15 is 0 Å². The van der Waals surface area contributed by atoms with Crippen molar-refractivity contribution in [2.24, 2.45) is 23.2 Å². The topological polar surface area (TPSA) is 0 Å². The molecule has 0 heteroatoms. The Labute approximate surface area is 111 Å². The van der Waals surface area contributed by atoms with Crippen LogP contribution in [0.5, 0.6) is 0 Å². The highest BCUT2D eigenvalue weighted by molar-refractivity contribution is 4.82. The van der Waals surface area contributed by atoms with Gasteiger partial charge in [-0.15, -0.1) is 0 Å². The van der Waals surface area contributed by atoms with Gasteiger partial charge in [0, 0.05) is 0 Å². The number of hydrogen-bond acceptors (Lipinski definition) is 0. The van der Waals surface area contributed by atoms with Gasteiger partial charge in [0.2, 0.25) is 0 Å². The first-order valence-electron chi connectivity index (χ1n) is 7.90. The minimum absolute atomic E-state index is 0.510. The second-order valence-electron chi connectivity index (χ2n) is 6.72. The second kappa shape index (κ2) is 8.16. The number of hydrogen-bond donors (Lipinski definition) is 0. The highest BCUT2D eigenvalue weighted by Gasteiger charge is 2.32. The van der Waals surface area contributed by atoms with E-state index in [2.05, 4.69) is 48.5 Å². The van der Waals surface area contributed by atoms with Crippen LogP contribution in [-0.4, -0.2) is 0 Å². The van der Waals surface area contributed by atoms with Gasteiger partial charge in [-0.2, -0.15) is 0 Å². The maximum Gasteiger partial charge on any atom is -0.0326 e. The molecule has 0 aliphatic carbocycles. The molecule has 0 saturated carbocycles. The minimum Gasteiger partial charge on any atom is -0.0654 e. The molecule has 0 bridgehead atoms. The minimum atomic E-state index is 0.510. The van der Waals surface area contributed by atoms with Crippen LogP contribution in [0.15, 0.2) is 0 Å². The standard InChI is InChI=1S/C17H36/c1-8-11-12-14(4)16(10-3)15(5)17(6,7)13-9-2/h14-16H,8-13H2,1-7H3. The van der Waals surface area contributed by atoms with Gasteiger partial charge in [-0.25, -0.2) is 0 Å². The van der Waals surface area contributed by atoms with Gasteiger partial charge in [-0.05, 0) is 29.6 Å². The van der Waals surface area contributed by atoms with E-state index in [-0.39, 0.29) is 0 Å². The summed E-state index contributed by atoms with van der Waals surface area (Å²) in [5.41, 5.74) is 0.510. The van der Waals surface area contributed by atoms with Gasteiger partial charge in [-0.3, -0.25) is 0 Å². The molecule has 0 rings (SSSR count). The summed E-state index contributed by atoms with van der Waals surface area (Å²) >= 11 is 0. The Morgan fingerprint density at radius 3 is 1.94 bits per heavy atom. The molecule has 0 nitrogen and oxygen atoms in total. The molecule has 0 aromatic heterocycles. The lowest BCUT2D eigenvalue weighted by atomic mass is 9.66. The predicted octanol–water partition coefficient (Wildman–Crippen LogP) is 6.30. The molecule has 0 radical (unpaired) electrons. The molecule has 0 aromatic rings. The highest BCUT2D eigenvalue weighted by Crippen LogP contribution is 2.41. The van der Waals surface area contributed by atoms with Crippen LogP contribution in [0.3, 0.4) is 0 Å². The van der Waals surface area contributed by atoms with Gasteiger partial charge >= 0.3 is 0 Å². The van der Waals surface area contributed by atoms with Crippen molar-refractivity contribution in [1.82, 2.24) is 0 Å². The molecule has 0 fully saturated rings. The van der Waals surface area contributed by atoms with E-state index in [9.17, 15) is 0 Å². The van der Waals surface area contributed by atoms with Crippen LogP contribution in [-0.2, 0) is 0 Å². The molecule has 3 atom stereocenters. The fraction of sp³-hybridized carbons (Fsp3) is 1.00. The Morgan fingerprint density at radius 1 is 0.941 bits per heavy atom. The average molecular weight is 240 g/mol. The third-order valence-electron chi connectivity index (χ3n) is 4.98. The molecule has 0 heterocycles.